The molecule has 2 aromatic heterocycles. The molecule has 37 heavy (non-hydrogen) atoms. The zero-order valence-electron chi connectivity index (χ0n) is 21.1. The maximum absolute atomic E-state index is 13.2. The largest absolute Gasteiger partial charge is 0.438 e. The maximum atomic E-state index is 13.2. The Morgan fingerprint density at radius 2 is 1.65 bits per heavy atom. The summed E-state index contributed by atoms with van der Waals surface area (Å²) >= 11 is 0. The first kappa shape index (κ1) is 25.8. The number of aryl methyl sites for hydroxylation is 4. The van der Waals surface area contributed by atoms with Gasteiger partial charge in [0.2, 0.25) is 5.88 Å². The van der Waals surface area contributed by atoms with Crippen LogP contribution in [-0.4, -0.2) is 24.3 Å². The lowest BCUT2D eigenvalue weighted by atomic mass is 10.1. The van der Waals surface area contributed by atoms with Gasteiger partial charge in [-0.3, -0.25) is 4.79 Å². The van der Waals surface area contributed by atoms with Gasteiger partial charge in [-0.2, -0.15) is 8.42 Å². The van der Waals surface area contributed by atoms with Gasteiger partial charge in [-0.05, 0) is 68.1 Å². The molecule has 8 nitrogen and oxygen atoms in total. The fourth-order valence-electron chi connectivity index (χ4n) is 4.00. The van der Waals surface area contributed by atoms with E-state index in [1.54, 1.807) is 6.07 Å². The first-order valence-electron chi connectivity index (χ1n) is 11.7. The molecule has 0 aliphatic heterocycles. The first-order valence-corrected chi connectivity index (χ1v) is 13.2. The highest BCUT2D eigenvalue weighted by molar-refractivity contribution is 7.90. The highest BCUT2D eigenvalue weighted by atomic mass is 32.2. The van der Waals surface area contributed by atoms with E-state index in [0.717, 1.165) is 28.7 Å². The van der Waals surface area contributed by atoms with E-state index in [-0.39, 0.29) is 23.7 Å². The molecule has 0 bridgehead atoms. The summed E-state index contributed by atoms with van der Waals surface area (Å²) in [4.78, 5) is 21.6. The monoisotopic (exact) mass is 518 g/mol. The Labute approximate surface area is 218 Å². The highest BCUT2D eigenvalue weighted by Gasteiger charge is 2.24. The molecule has 0 aliphatic carbocycles. The lowest BCUT2D eigenvalue weighted by molar-refractivity contribution is 0.0978. The van der Waals surface area contributed by atoms with Crippen LogP contribution in [0.4, 0.5) is 5.82 Å². The average Bonchev–Trinajstić information content (AvgIpc) is 2.86. The van der Waals surface area contributed by atoms with Crippen molar-refractivity contribution in [1.29, 1.82) is 0 Å². The van der Waals surface area contributed by atoms with E-state index in [0.29, 0.717) is 11.4 Å². The number of hydrogen-bond acceptors (Lipinski definition) is 7. The van der Waals surface area contributed by atoms with Crippen molar-refractivity contribution >= 4 is 21.7 Å². The van der Waals surface area contributed by atoms with E-state index in [1.165, 1.54) is 29.8 Å². The van der Waals surface area contributed by atoms with Crippen molar-refractivity contribution in [3.05, 3.63) is 94.5 Å². The lowest BCUT2D eigenvalue weighted by Gasteiger charge is -2.16. The second kappa shape index (κ2) is 10.4. The lowest BCUT2D eigenvalue weighted by Crippen LogP contribution is -2.31. The number of rotatable bonds is 7. The number of amides is 1. The minimum Gasteiger partial charge on any atom is -0.438 e. The summed E-state index contributed by atoms with van der Waals surface area (Å²) in [6.07, 6.45) is 0.906. The SMILES string of the molecule is CCc1ccc(-c2ccc(C(=O)NS(=O)(=O)c3cccc(N)n3)c(Oc3c(C)cc(C)cc3C)n2)cc1.[HH]. The van der Waals surface area contributed by atoms with Crippen LogP contribution in [0.15, 0.2) is 71.8 Å². The fraction of sp³-hybridized carbons (Fsp3) is 0.179. The van der Waals surface area contributed by atoms with E-state index in [2.05, 4.69) is 21.6 Å². The minimum atomic E-state index is -4.29. The molecule has 0 fully saturated rings. The normalized spacial score (nSPS) is 11.2. The Balaban J connectivity index is 0.00000400. The number of benzene rings is 2. The van der Waals surface area contributed by atoms with E-state index in [4.69, 9.17) is 10.5 Å². The second-order valence-corrected chi connectivity index (χ2v) is 10.4. The number of carbonyl (C=O) groups excluding carboxylic acids is 1. The molecule has 0 aliphatic rings. The molecule has 0 radical (unpaired) electrons. The number of anilines is 1. The van der Waals surface area contributed by atoms with E-state index in [1.807, 2.05) is 57.2 Å². The van der Waals surface area contributed by atoms with Crippen molar-refractivity contribution < 1.29 is 19.4 Å². The predicted molar refractivity (Wildman–Crippen MR) is 145 cm³/mol. The summed E-state index contributed by atoms with van der Waals surface area (Å²) in [7, 11) is -4.29. The summed E-state index contributed by atoms with van der Waals surface area (Å²) in [6.45, 7) is 7.86. The summed E-state index contributed by atoms with van der Waals surface area (Å²) in [5.74, 6) is -0.349. The third kappa shape index (κ3) is 5.78. The fourth-order valence-corrected chi connectivity index (χ4v) is 4.94. The molecule has 192 valence electrons. The smallest absolute Gasteiger partial charge is 0.281 e. The Morgan fingerprint density at radius 1 is 0.973 bits per heavy atom. The van der Waals surface area contributed by atoms with Gasteiger partial charge >= 0.3 is 0 Å². The van der Waals surface area contributed by atoms with E-state index >= 15 is 0 Å². The number of sulfonamides is 1. The van der Waals surface area contributed by atoms with Crippen molar-refractivity contribution in [2.45, 2.75) is 39.1 Å². The quantitative estimate of drug-likeness (QED) is 0.337. The Hall–Kier alpha value is -4.24. The third-order valence-corrected chi connectivity index (χ3v) is 7.05. The molecule has 2 heterocycles. The summed E-state index contributed by atoms with van der Waals surface area (Å²) in [5.41, 5.74) is 11.0. The number of nitrogens with one attached hydrogen (secondary N) is 1. The van der Waals surface area contributed by atoms with Crippen LogP contribution in [0.1, 0.15) is 41.0 Å². The van der Waals surface area contributed by atoms with Crippen LogP contribution in [0, 0.1) is 20.8 Å². The van der Waals surface area contributed by atoms with Crippen molar-refractivity contribution in [3.8, 4) is 22.9 Å². The van der Waals surface area contributed by atoms with Gasteiger partial charge in [0.1, 0.15) is 17.1 Å². The van der Waals surface area contributed by atoms with Gasteiger partial charge in [-0.1, -0.05) is 55.0 Å². The van der Waals surface area contributed by atoms with Crippen LogP contribution < -0.4 is 15.2 Å². The van der Waals surface area contributed by atoms with Gasteiger partial charge in [0.05, 0.1) is 5.69 Å². The zero-order valence-corrected chi connectivity index (χ0v) is 21.9. The van der Waals surface area contributed by atoms with E-state index < -0.39 is 15.9 Å². The van der Waals surface area contributed by atoms with Crippen LogP contribution in [0.5, 0.6) is 11.6 Å². The van der Waals surface area contributed by atoms with Crippen LogP contribution in [0.25, 0.3) is 11.3 Å². The number of nitrogen functional groups attached to an aromatic ring is 1. The second-order valence-electron chi connectivity index (χ2n) is 8.76. The van der Waals surface area contributed by atoms with Gasteiger partial charge in [-0.25, -0.2) is 14.7 Å². The highest BCUT2D eigenvalue weighted by Crippen LogP contribution is 2.32. The minimum absolute atomic E-state index is 0. The van der Waals surface area contributed by atoms with E-state index in [9.17, 15) is 13.2 Å². The summed E-state index contributed by atoms with van der Waals surface area (Å²) in [5, 5.41) is -0.367. The number of nitrogens with two attached hydrogens (primary N) is 1. The number of carbonyl (C=O) groups is 1. The molecule has 4 rings (SSSR count). The summed E-state index contributed by atoms with van der Waals surface area (Å²) < 4.78 is 33.9. The van der Waals surface area contributed by atoms with Crippen LogP contribution in [-0.2, 0) is 16.4 Å². The van der Waals surface area contributed by atoms with Crippen LogP contribution >= 0.6 is 0 Å². The molecular weight excluding hydrogens is 488 g/mol. The molecular formula is C28H30N4O4S. The molecule has 2 aromatic carbocycles. The third-order valence-electron chi connectivity index (χ3n) is 5.81. The van der Waals surface area contributed by atoms with Gasteiger partial charge in [-0.15, -0.1) is 0 Å². The molecule has 9 heteroatoms. The van der Waals surface area contributed by atoms with Crippen molar-refractivity contribution in [2.75, 3.05) is 5.73 Å². The number of hydrogen-bond donors (Lipinski definition) is 2. The average molecular weight is 519 g/mol. The van der Waals surface area contributed by atoms with Crippen LogP contribution in [0.3, 0.4) is 0 Å². The maximum Gasteiger partial charge on any atom is 0.281 e. The molecule has 0 saturated heterocycles. The standard InChI is InChI=1S/C28H28N4O4S.H2/c1-5-20-9-11-21(12-10-20)23-14-13-22(27(33)32-37(34,35)25-8-6-7-24(29)31-25)28(30-23)36-26-18(3)15-17(2)16-19(26)4;/h6-16H,5H2,1-4H3,(H2,29,31)(H,32,33);1H. The predicted octanol–water partition coefficient (Wildman–Crippen LogP) is 5.37. The molecule has 3 N–H and O–H groups in total. The number of aromatic nitrogens is 2. The Kier molecular flexibility index (Phi) is 7.26. The Morgan fingerprint density at radius 3 is 2.27 bits per heavy atom. The van der Waals surface area contributed by atoms with Crippen molar-refractivity contribution in [1.82, 2.24) is 14.7 Å². The van der Waals surface area contributed by atoms with Crippen LogP contribution in [0.2, 0.25) is 0 Å². The first-order chi connectivity index (χ1) is 17.6. The van der Waals surface area contributed by atoms with Gasteiger partial charge in [0.25, 0.3) is 15.9 Å². The number of pyridine rings is 2. The molecule has 1 amide bonds. The number of nitrogens with zero attached hydrogens (tertiary/aromatic N) is 2. The van der Waals surface area contributed by atoms with Gasteiger partial charge < -0.3 is 10.5 Å². The molecule has 0 saturated carbocycles. The topological polar surface area (TPSA) is 124 Å². The van der Waals surface area contributed by atoms with Crippen molar-refractivity contribution in [3.63, 3.8) is 0 Å². The molecule has 4 aromatic rings. The molecule has 0 atom stereocenters. The van der Waals surface area contributed by atoms with Crippen molar-refractivity contribution in [2.24, 2.45) is 0 Å². The summed E-state index contributed by atoms with van der Waals surface area (Å²) in [6, 6.07) is 19.2. The van der Waals surface area contributed by atoms with Gasteiger partial charge in [0, 0.05) is 6.99 Å². The Bertz CT molecular complexity index is 1570. The number of ether oxygens (including phenoxy) is 1. The van der Waals surface area contributed by atoms with Gasteiger partial charge in [0.15, 0.2) is 5.03 Å². The molecule has 0 spiro atoms. The molecule has 0 unspecified atom stereocenters. The zero-order chi connectivity index (χ0) is 26.7.